The molecule has 0 aromatic carbocycles. The summed E-state index contributed by atoms with van der Waals surface area (Å²) in [7, 11) is 0. The fourth-order valence-corrected chi connectivity index (χ4v) is 1.99. The highest BCUT2D eigenvalue weighted by atomic mass is 32.1. The Morgan fingerprint density at radius 1 is 1.53 bits per heavy atom. The third kappa shape index (κ3) is 2.94. The van der Waals surface area contributed by atoms with Crippen molar-refractivity contribution in [2.45, 2.75) is 20.8 Å². The molecule has 0 saturated heterocycles. The van der Waals surface area contributed by atoms with Gasteiger partial charge in [0.15, 0.2) is 11.6 Å². The van der Waals surface area contributed by atoms with Gasteiger partial charge in [-0.3, -0.25) is 4.79 Å². The van der Waals surface area contributed by atoms with Gasteiger partial charge < -0.3 is 9.72 Å². The Kier molecular flexibility index (Phi) is 4.90. The zero-order valence-corrected chi connectivity index (χ0v) is 11.1. The van der Waals surface area contributed by atoms with Gasteiger partial charge in [-0.15, -0.1) is 11.3 Å². The minimum atomic E-state index is -0.155. The average molecular weight is 252 g/mol. The van der Waals surface area contributed by atoms with Gasteiger partial charge >= 0.3 is 0 Å². The first-order valence-electron chi connectivity index (χ1n) is 5.50. The number of fused-ring (bicyclic) bond motifs is 1. The molecule has 2 aromatic heterocycles. The maximum Gasteiger partial charge on any atom is 0.259 e. The summed E-state index contributed by atoms with van der Waals surface area (Å²) in [6.07, 6.45) is 0. The van der Waals surface area contributed by atoms with Crippen LogP contribution in [0.5, 0.6) is 0 Å². The predicted molar refractivity (Wildman–Crippen MR) is 72.2 cm³/mol. The van der Waals surface area contributed by atoms with E-state index in [1.54, 1.807) is 5.38 Å². The zero-order valence-electron chi connectivity index (χ0n) is 10.2. The summed E-state index contributed by atoms with van der Waals surface area (Å²) in [5.74, 6) is 0.787. The number of aromatic amines is 1. The molecule has 1 N–H and O–H groups in total. The summed E-state index contributed by atoms with van der Waals surface area (Å²) in [5, 5.41) is 4.20. The zero-order chi connectivity index (χ0) is 12.8. The Bertz CT molecular complexity index is 557. The molecule has 0 bridgehead atoms. The highest BCUT2D eigenvalue weighted by molar-refractivity contribution is 7.09. The summed E-state index contributed by atoms with van der Waals surface area (Å²) in [5.41, 5.74) is 0.525. The molecule has 2 rings (SSSR count). The molecule has 17 heavy (non-hydrogen) atoms. The van der Waals surface area contributed by atoms with E-state index in [2.05, 4.69) is 16.5 Å². The van der Waals surface area contributed by atoms with Gasteiger partial charge in [0.1, 0.15) is 0 Å². The van der Waals surface area contributed by atoms with Crippen LogP contribution in [0.4, 0.5) is 0 Å². The number of ether oxygens (including phenoxy) is 1. The highest BCUT2D eigenvalue weighted by Gasteiger charge is 2.07. The standard InChI is InChI=1S/C10H10N2O2S.C2H6/c1-3-14-6(2)9-11-8-5-15-4-7(8)10(13)12-9;1-2/h4-5H,2-3H2,1H3,(H,11,12,13);1-2H3. The van der Waals surface area contributed by atoms with Crippen LogP contribution in [0.1, 0.15) is 26.6 Å². The van der Waals surface area contributed by atoms with Crippen molar-refractivity contribution in [3.05, 3.63) is 33.5 Å². The smallest absolute Gasteiger partial charge is 0.259 e. The van der Waals surface area contributed by atoms with Crippen molar-refractivity contribution in [2.24, 2.45) is 0 Å². The number of hydrogen-bond donors (Lipinski definition) is 1. The lowest BCUT2D eigenvalue weighted by Gasteiger charge is -2.05. The monoisotopic (exact) mass is 252 g/mol. The van der Waals surface area contributed by atoms with E-state index in [0.29, 0.717) is 29.1 Å². The summed E-state index contributed by atoms with van der Waals surface area (Å²) < 4.78 is 5.18. The first-order valence-corrected chi connectivity index (χ1v) is 6.45. The van der Waals surface area contributed by atoms with E-state index in [9.17, 15) is 4.79 Å². The topological polar surface area (TPSA) is 55.0 Å². The maximum atomic E-state index is 11.6. The second-order valence-corrected chi connectivity index (χ2v) is 3.68. The van der Waals surface area contributed by atoms with E-state index < -0.39 is 0 Å². The van der Waals surface area contributed by atoms with E-state index in [1.165, 1.54) is 11.3 Å². The van der Waals surface area contributed by atoms with Gasteiger partial charge in [0, 0.05) is 10.8 Å². The molecule has 2 heterocycles. The van der Waals surface area contributed by atoms with E-state index in [-0.39, 0.29) is 5.56 Å². The van der Waals surface area contributed by atoms with Crippen molar-refractivity contribution >= 4 is 28.0 Å². The third-order valence-corrected chi connectivity index (χ3v) is 2.66. The van der Waals surface area contributed by atoms with Crippen molar-refractivity contribution in [1.29, 1.82) is 0 Å². The van der Waals surface area contributed by atoms with E-state index in [1.807, 2.05) is 26.2 Å². The fraction of sp³-hybridized carbons (Fsp3) is 0.333. The molecule has 0 fully saturated rings. The Morgan fingerprint density at radius 2 is 2.24 bits per heavy atom. The summed E-state index contributed by atoms with van der Waals surface area (Å²) in [4.78, 5) is 18.5. The minimum Gasteiger partial charge on any atom is -0.491 e. The van der Waals surface area contributed by atoms with Crippen LogP contribution in [-0.2, 0) is 4.74 Å². The Labute approximate surface area is 104 Å². The summed E-state index contributed by atoms with van der Waals surface area (Å²) in [6.45, 7) is 10.1. The van der Waals surface area contributed by atoms with Crippen LogP contribution in [0, 0.1) is 0 Å². The number of aromatic nitrogens is 2. The average Bonchev–Trinajstić information content (AvgIpc) is 2.80. The van der Waals surface area contributed by atoms with E-state index >= 15 is 0 Å². The molecule has 0 unspecified atom stereocenters. The maximum absolute atomic E-state index is 11.6. The largest absolute Gasteiger partial charge is 0.491 e. The minimum absolute atomic E-state index is 0.155. The fourth-order valence-electron chi connectivity index (χ4n) is 1.24. The van der Waals surface area contributed by atoms with Gasteiger partial charge in [-0.1, -0.05) is 20.4 Å². The molecule has 0 atom stereocenters. The molecule has 0 aliphatic heterocycles. The number of thiophene rings is 1. The van der Waals surface area contributed by atoms with Crippen LogP contribution in [0.2, 0.25) is 0 Å². The lowest BCUT2D eigenvalue weighted by Crippen LogP contribution is -2.10. The number of nitrogens with one attached hydrogen (secondary N) is 1. The molecule has 0 spiro atoms. The quantitative estimate of drug-likeness (QED) is 0.854. The van der Waals surface area contributed by atoms with Crippen molar-refractivity contribution in [3.63, 3.8) is 0 Å². The molecule has 0 aliphatic carbocycles. The summed E-state index contributed by atoms with van der Waals surface area (Å²) >= 11 is 1.45. The molecule has 5 heteroatoms. The van der Waals surface area contributed by atoms with Crippen LogP contribution in [0.25, 0.3) is 16.7 Å². The number of hydrogen-bond acceptors (Lipinski definition) is 4. The van der Waals surface area contributed by atoms with Gasteiger partial charge in [-0.2, -0.15) is 0 Å². The molecule has 0 amide bonds. The first kappa shape index (κ1) is 13.4. The van der Waals surface area contributed by atoms with Crippen LogP contribution in [0.3, 0.4) is 0 Å². The van der Waals surface area contributed by atoms with Gasteiger partial charge in [0.05, 0.1) is 17.5 Å². The van der Waals surface area contributed by atoms with Gasteiger partial charge in [-0.05, 0) is 6.92 Å². The number of nitrogens with zero attached hydrogens (tertiary/aromatic N) is 1. The Morgan fingerprint density at radius 3 is 2.88 bits per heavy atom. The molecule has 92 valence electrons. The molecule has 0 saturated carbocycles. The van der Waals surface area contributed by atoms with Crippen LogP contribution < -0.4 is 5.56 Å². The van der Waals surface area contributed by atoms with E-state index in [4.69, 9.17) is 4.74 Å². The molecule has 2 aromatic rings. The molecular formula is C12H16N2O2S. The first-order chi connectivity index (χ1) is 8.22. The number of H-pyrrole nitrogens is 1. The van der Waals surface area contributed by atoms with E-state index in [0.717, 1.165) is 0 Å². The summed E-state index contributed by atoms with van der Waals surface area (Å²) in [6, 6.07) is 0. The highest BCUT2D eigenvalue weighted by Crippen LogP contribution is 2.15. The molecular weight excluding hydrogens is 236 g/mol. The van der Waals surface area contributed by atoms with Crippen LogP contribution in [-0.4, -0.2) is 16.6 Å². The Balaban J connectivity index is 0.000000686. The van der Waals surface area contributed by atoms with Crippen molar-refractivity contribution < 1.29 is 4.74 Å². The second kappa shape index (κ2) is 6.20. The molecule has 4 nitrogen and oxygen atoms in total. The SMILES string of the molecule is C=C(OCC)c1nc2cscc2c(=O)[nH]1.CC. The predicted octanol–water partition coefficient (Wildman–Crippen LogP) is 3.02. The molecule has 0 radical (unpaired) electrons. The Hall–Kier alpha value is -1.62. The molecule has 0 aliphatic rings. The van der Waals surface area contributed by atoms with Gasteiger partial charge in [0.25, 0.3) is 5.56 Å². The second-order valence-electron chi connectivity index (χ2n) is 2.94. The lowest BCUT2D eigenvalue weighted by atomic mass is 10.4. The van der Waals surface area contributed by atoms with Crippen LogP contribution >= 0.6 is 11.3 Å². The van der Waals surface area contributed by atoms with Crippen molar-refractivity contribution in [1.82, 2.24) is 9.97 Å². The third-order valence-electron chi connectivity index (χ3n) is 1.93. The normalized spacial score (nSPS) is 9.59. The lowest BCUT2D eigenvalue weighted by molar-refractivity contribution is 0.296. The van der Waals surface area contributed by atoms with Crippen molar-refractivity contribution in [2.75, 3.05) is 6.61 Å². The van der Waals surface area contributed by atoms with Gasteiger partial charge in [0.2, 0.25) is 0 Å². The van der Waals surface area contributed by atoms with Crippen LogP contribution in [0.15, 0.2) is 22.1 Å². The number of rotatable bonds is 3. The van der Waals surface area contributed by atoms with Gasteiger partial charge in [-0.25, -0.2) is 4.98 Å². The van der Waals surface area contributed by atoms with Crippen molar-refractivity contribution in [3.8, 4) is 0 Å².